The maximum absolute atomic E-state index is 11.2. The average molecular weight is 321 g/mol. The molecule has 0 amide bonds. The highest BCUT2D eigenvalue weighted by Crippen LogP contribution is 2.41. The Morgan fingerprint density at radius 3 is 3.09 bits per heavy atom. The van der Waals surface area contributed by atoms with Gasteiger partial charge in [0.15, 0.2) is 0 Å². The van der Waals surface area contributed by atoms with Crippen LogP contribution in [0.3, 0.4) is 0 Å². The van der Waals surface area contributed by atoms with Gasteiger partial charge < -0.3 is 20.1 Å². The third-order valence-electron chi connectivity index (χ3n) is 4.29. The van der Waals surface area contributed by atoms with E-state index in [0.29, 0.717) is 5.65 Å². The normalized spacial score (nSPS) is 28.9. The summed E-state index contributed by atoms with van der Waals surface area (Å²) in [5.74, 6) is 0. The lowest BCUT2D eigenvalue weighted by atomic mass is 10.0. The van der Waals surface area contributed by atoms with Crippen LogP contribution in [0.25, 0.3) is 21.3 Å². The number of hydrogen-bond acceptors (Lipinski definition) is 7. The van der Waals surface area contributed by atoms with E-state index < -0.39 is 24.5 Å². The third-order valence-corrected chi connectivity index (χ3v) is 5.19. The van der Waals surface area contributed by atoms with E-state index in [0.717, 1.165) is 21.3 Å². The molecule has 3 aromatic rings. The van der Waals surface area contributed by atoms with E-state index >= 15 is 0 Å². The number of aliphatic hydroxyl groups excluding tert-OH is 2. The number of aromatic nitrogens is 3. The molecule has 22 heavy (non-hydrogen) atoms. The summed E-state index contributed by atoms with van der Waals surface area (Å²) >= 11 is 1.44. The van der Waals surface area contributed by atoms with E-state index in [1.165, 1.54) is 17.7 Å². The number of aliphatic hydroxyl groups is 3. The maximum Gasteiger partial charge on any atom is 0.201 e. The Bertz CT molecular complexity index is 860. The van der Waals surface area contributed by atoms with Gasteiger partial charge in [-0.3, -0.25) is 4.57 Å². The Hall–Kier alpha value is -1.58. The van der Waals surface area contributed by atoms with Crippen LogP contribution in [0.5, 0.6) is 0 Å². The molecule has 1 aliphatic heterocycles. The van der Waals surface area contributed by atoms with Crippen molar-refractivity contribution >= 4 is 32.6 Å². The minimum atomic E-state index is -1.76. The lowest BCUT2D eigenvalue weighted by Gasteiger charge is -2.32. The minimum Gasteiger partial charge on any atom is -0.393 e. The summed E-state index contributed by atoms with van der Waals surface area (Å²) in [4.78, 5) is 9.28. The van der Waals surface area contributed by atoms with Crippen molar-refractivity contribution in [2.24, 2.45) is 0 Å². The van der Waals surface area contributed by atoms with Gasteiger partial charge in [0.2, 0.25) is 5.72 Å². The standard InChI is InChI=1S/C14H15N3O4S/c1-7-11-8-2-3-22-13(8)17(12(11)16-6-15-7)14(20)9(19)5-21-10(14)4-18/h2-3,6,9-10,18-20H,4-5H2,1H3/t9-,10+,14-/m0/s1. The van der Waals surface area contributed by atoms with Crippen LogP contribution in [0.2, 0.25) is 0 Å². The van der Waals surface area contributed by atoms with Crippen LogP contribution >= 0.6 is 11.3 Å². The summed E-state index contributed by atoms with van der Waals surface area (Å²) in [5, 5.41) is 34.7. The second kappa shape index (κ2) is 4.71. The molecule has 0 saturated carbocycles. The SMILES string of the molecule is Cc1ncnc2c1c1ccsc1n2[C@]1(O)[C@@H](O)CO[C@@H]1CO. The number of aryl methyl sites for hydroxylation is 1. The summed E-state index contributed by atoms with van der Waals surface area (Å²) in [6.07, 6.45) is -0.642. The molecule has 7 nitrogen and oxygen atoms in total. The largest absolute Gasteiger partial charge is 0.393 e. The van der Waals surface area contributed by atoms with Crippen LogP contribution in [0, 0.1) is 6.92 Å². The first-order valence-corrected chi connectivity index (χ1v) is 7.79. The molecule has 0 spiro atoms. The summed E-state index contributed by atoms with van der Waals surface area (Å²) in [7, 11) is 0. The van der Waals surface area contributed by atoms with Gasteiger partial charge in [0.25, 0.3) is 0 Å². The van der Waals surface area contributed by atoms with Crippen LogP contribution in [-0.2, 0) is 10.5 Å². The van der Waals surface area contributed by atoms with Gasteiger partial charge in [-0.2, -0.15) is 0 Å². The first kappa shape index (κ1) is 14.0. The van der Waals surface area contributed by atoms with Crippen molar-refractivity contribution < 1.29 is 20.1 Å². The first-order chi connectivity index (χ1) is 10.6. The van der Waals surface area contributed by atoms with Crippen molar-refractivity contribution in [2.75, 3.05) is 13.2 Å². The summed E-state index contributed by atoms with van der Waals surface area (Å²) in [5.41, 5.74) is -0.440. The molecular formula is C14H15N3O4S. The smallest absolute Gasteiger partial charge is 0.201 e. The molecule has 0 bridgehead atoms. The molecule has 3 N–H and O–H groups in total. The van der Waals surface area contributed by atoms with E-state index in [1.807, 2.05) is 18.4 Å². The number of rotatable bonds is 2. The molecule has 3 aromatic heterocycles. The molecule has 1 saturated heterocycles. The highest BCUT2D eigenvalue weighted by Gasteiger charge is 2.53. The van der Waals surface area contributed by atoms with E-state index in [2.05, 4.69) is 9.97 Å². The summed E-state index contributed by atoms with van der Waals surface area (Å²) in [6, 6.07) is 1.94. The van der Waals surface area contributed by atoms with Crippen LogP contribution in [0.4, 0.5) is 0 Å². The van der Waals surface area contributed by atoms with Crippen molar-refractivity contribution in [3.63, 3.8) is 0 Å². The fraction of sp³-hybridized carbons (Fsp3) is 0.429. The Labute approximate surface area is 129 Å². The summed E-state index contributed by atoms with van der Waals surface area (Å²) in [6.45, 7) is 1.43. The fourth-order valence-electron chi connectivity index (χ4n) is 3.19. The lowest BCUT2D eigenvalue weighted by molar-refractivity contribution is -0.145. The predicted molar refractivity (Wildman–Crippen MR) is 80.7 cm³/mol. The highest BCUT2D eigenvalue weighted by molar-refractivity contribution is 7.17. The van der Waals surface area contributed by atoms with Crippen molar-refractivity contribution in [3.05, 3.63) is 23.5 Å². The van der Waals surface area contributed by atoms with Gasteiger partial charge in [-0.1, -0.05) is 0 Å². The van der Waals surface area contributed by atoms with E-state index in [4.69, 9.17) is 4.74 Å². The van der Waals surface area contributed by atoms with E-state index in [9.17, 15) is 15.3 Å². The molecule has 8 heteroatoms. The molecule has 0 radical (unpaired) electrons. The van der Waals surface area contributed by atoms with Gasteiger partial charge in [-0.05, 0) is 18.4 Å². The van der Waals surface area contributed by atoms with Crippen LogP contribution in [0.15, 0.2) is 17.8 Å². The molecule has 4 heterocycles. The Morgan fingerprint density at radius 1 is 1.50 bits per heavy atom. The van der Waals surface area contributed by atoms with Crippen molar-refractivity contribution in [1.82, 2.24) is 14.5 Å². The number of thiophene rings is 1. The Kier molecular flexibility index (Phi) is 3.00. The first-order valence-electron chi connectivity index (χ1n) is 6.91. The number of nitrogens with zero attached hydrogens (tertiary/aromatic N) is 3. The quantitative estimate of drug-likeness (QED) is 0.630. The van der Waals surface area contributed by atoms with Gasteiger partial charge in [-0.15, -0.1) is 11.3 Å². The molecule has 116 valence electrons. The molecule has 3 atom stereocenters. The molecule has 4 rings (SSSR count). The van der Waals surface area contributed by atoms with Crippen molar-refractivity contribution in [1.29, 1.82) is 0 Å². The van der Waals surface area contributed by atoms with E-state index in [1.54, 1.807) is 4.57 Å². The maximum atomic E-state index is 11.2. The van der Waals surface area contributed by atoms with E-state index in [-0.39, 0.29) is 6.61 Å². The lowest BCUT2D eigenvalue weighted by Crippen LogP contribution is -2.50. The van der Waals surface area contributed by atoms with Gasteiger partial charge >= 0.3 is 0 Å². The molecule has 1 aliphatic rings. The van der Waals surface area contributed by atoms with Crippen molar-refractivity contribution in [3.8, 4) is 0 Å². The van der Waals surface area contributed by atoms with Crippen LogP contribution in [0.1, 0.15) is 5.69 Å². The number of ether oxygens (including phenoxy) is 1. The summed E-state index contributed by atoms with van der Waals surface area (Å²) < 4.78 is 6.93. The monoisotopic (exact) mass is 321 g/mol. The minimum absolute atomic E-state index is 0.0433. The second-order valence-electron chi connectivity index (χ2n) is 5.44. The molecule has 0 unspecified atom stereocenters. The molecule has 0 aliphatic carbocycles. The molecule has 0 aromatic carbocycles. The van der Waals surface area contributed by atoms with Gasteiger partial charge in [0.1, 0.15) is 29.0 Å². The number of fused-ring (bicyclic) bond motifs is 3. The topological polar surface area (TPSA) is 101 Å². The van der Waals surface area contributed by atoms with Crippen LogP contribution in [-0.4, -0.2) is 55.3 Å². The Morgan fingerprint density at radius 2 is 2.32 bits per heavy atom. The third kappa shape index (κ3) is 1.58. The van der Waals surface area contributed by atoms with Gasteiger partial charge in [0.05, 0.1) is 18.9 Å². The predicted octanol–water partition coefficient (Wildman–Crippen LogP) is 0.352. The van der Waals surface area contributed by atoms with Gasteiger partial charge in [-0.25, -0.2) is 9.97 Å². The Balaban J connectivity index is 2.13. The zero-order valence-corrected chi connectivity index (χ0v) is 12.6. The molecular weight excluding hydrogens is 306 g/mol. The van der Waals surface area contributed by atoms with Gasteiger partial charge in [0, 0.05) is 10.8 Å². The fourth-order valence-corrected chi connectivity index (χ4v) is 4.15. The molecule has 1 fully saturated rings. The zero-order valence-electron chi connectivity index (χ0n) is 11.8. The average Bonchev–Trinajstić information content (AvgIpc) is 3.14. The number of hydrogen-bond donors (Lipinski definition) is 3. The zero-order chi connectivity index (χ0) is 15.5. The van der Waals surface area contributed by atoms with Crippen LogP contribution < -0.4 is 0 Å². The highest BCUT2D eigenvalue weighted by atomic mass is 32.1. The van der Waals surface area contributed by atoms with Crippen molar-refractivity contribution in [2.45, 2.75) is 24.9 Å². The second-order valence-corrected chi connectivity index (χ2v) is 6.33.